The molecule has 0 N–H and O–H groups in total. The first-order chi connectivity index (χ1) is 5.88. The maximum atomic E-state index is 5.71. The average Bonchev–Trinajstić information content (AvgIpc) is 1.94. The van der Waals surface area contributed by atoms with Crippen molar-refractivity contribution in [2.75, 3.05) is 0 Å². The Kier molecular flexibility index (Phi) is 6.58. The molecule has 0 bridgehead atoms. The predicted molar refractivity (Wildman–Crippen MR) is 58.7 cm³/mol. The first-order valence-corrected chi connectivity index (χ1v) is 5.06. The Labute approximate surface area is 125 Å². The molecular weight excluding hydrogens is 315 g/mol. The van der Waals surface area contributed by atoms with Crippen molar-refractivity contribution in [3.63, 3.8) is 0 Å². The second-order valence-corrected chi connectivity index (χ2v) is 5.63. The van der Waals surface area contributed by atoms with Gasteiger partial charge in [-0.2, -0.15) is 34.9 Å². The zero-order valence-electron chi connectivity index (χ0n) is 8.07. The maximum absolute atomic E-state index is 5.71. The molecule has 0 atom stereocenters. The molecule has 0 saturated carbocycles. The van der Waals surface area contributed by atoms with Crippen molar-refractivity contribution < 1.29 is 32.7 Å². The largest absolute Gasteiger partial charge is 0.192 e. The molecule has 0 spiro atoms. The van der Waals surface area contributed by atoms with Crippen molar-refractivity contribution in [3.05, 3.63) is 34.9 Å². The van der Waals surface area contributed by atoms with Crippen molar-refractivity contribution in [2.45, 2.75) is 24.1 Å². The molecule has 1 rings (SSSR count). The monoisotopic (exact) mass is 324 g/mol. The van der Waals surface area contributed by atoms with Crippen molar-refractivity contribution in [1.82, 2.24) is 0 Å². The van der Waals surface area contributed by atoms with Gasteiger partial charge in [-0.05, 0) is 6.42 Å². The SMILES string of the molecule is Cc1[c-]cc(C)c(CC(Cl)(Cl)Cl)c1.[Y]. The topological polar surface area (TPSA) is 0 Å². The number of benzene rings is 1. The van der Waals surface area contributed by atoms with Crippen LogP contribution in [-0.2, 0) is 39.1 Å². The normalized spacial score (nSPS) is 10.9. The van der Waals surface area contributed by atoms with Crippen LogP contribution in [0.3, 0.4) is 0 Å². The quantitative estimate of drug-likeness (QED) is 0.540. The summed E-state index contributed by atoms with van der Waals surface area (Å²) in [6.45, 7) is 3.96. The van der Waals surface area contributed by atoms with E-state index in [9.17, 15) is 0 Å². The molecule has 0 fully saturated rings. The van der Waals surface area contributed by atoms with Gasteiger partial charge in [0.15, 0.2) is 3.79 Å². The first kappa shape index (κ1) is 15.2. The van der Waals surface area contributed by atoms with Gasteiger partial charge in [0.1, 0.15) is 0 Å². The second kappa shape index (κ2) is 6.06. The van der Waals surface area contributed by atoms with Gasteiger partial charge < -0.3 is 0 Å². The van der Waals surface area contributed by atoms with Crippen LogP contribution in [0.15, 0.2) is 12.1 Å². The molecule has 0 aliphatic heterocycles. The third-order valence-corrected chi connectivity index (χ3v) is 2.21. The minimum atomic E-state index is -1.21. The minimum absolute atomic E-state index is 0. The van der Waals surface area contributed by atoms with Crippen molar-refractivity contribution in [3.8, 4) is 0 Å². The van der Waals surface area contributed by atoms with Gasteiger partial charge in [-0.15, -0.1) is 0 Å². The third kappa shape index (κ3) is 5.33. The Balaban J connectivity index is 0.00000169. The van der Waals surface area contributed by atoms with E-state index in [2.05, 4.69) is 6.07 Å². The number of hydrogen-bond acceptors (Lipinski definition) is 0. The predicted octanol–water partition coefficient (Wildman–Crippen LogP) is 4.01. The van der Waals surface area contributed by atoms with E-state index in [0.717, 1.165) is 16.7 Å². The summed E-state index contributed by atoms with van der Waals surface area (Å²) in [7, 11) is 0. The van der Waals surface area contributed by atoms with Crippen LogP contribution >= 0.6 is 34.8 Å². The van der Waals surface area contributed by atoms with Crippen molar-refractivity contribution in [2.24, 2.45) is 0 Å². The minimum Gasteiger partial charge on any atom is -0.180 e. The molecule has 14 heavy (non-hydrogen) atoms. The number of alkyl halides is 3. The van der Waals surface area contributed by atoms with E-state index in [1.165, 1.54) is 0 Å². The van der Waals surface area contributed by atoms with E-state index >= 15 is 0 Å². The van der Waals surface area contributed by atoms with Crippen LogP contribution < -0.4 is 0 Å². The average molecular weight is 325 g/mol. The molecule has 1 aromatic rings. The van der Waals surface area contributed by atoms with Crippen LogP contribution in [0, 0.1) is 19.9 Å². The van der Waals surface area contributed by atoms with Gasteiger partial charge in [0.2, 0.25) is 0 Å². The van der Waals surface area contributed by atoms with Gasteiger partial charge in [-0.25, -0.2) is 0 Å². The van der Waals surface area contributed by atoms with Gasteiger partial charge in [0, 0.05) is 32.7 Å². The third-order valence-electron chi connectivity index (χ3n) is 1.80. The van der Waals surface area contributed by atoms with Crippen molar-refractivity contribution in [1.29, 1.82) is 0 Å². The van der Waals surface area contributed by atoms with Gasteiger partial charge in [0.25, 0.3) is 0 Å². The van der Waals surface area contributed by atoms with Gasteiger partial charge in [-0.3, -0.25) is 0 Å². The molecule has 0 nitrogen and oxygen atoms in total. The molecule has 0 unspecified atom stereocenters. The van der Waals surface area contributed by atoms with Crippen LogP contribution in [0.25, 0.3) is 0 Å². The smallest absolute Gasteiger partial charge is 0.180 e. The molecule has 0 aliphatic rings. The summed E-state index contributed by atoms with van der Waals surface area (Å²) in [5.41, 5.74) is 3.24. The fourth-order valence-electron chi connectivity index (χ4n) is 1.14. The second-order valence-electron chi connectivity index (χ2n) is 3.12. The summed E-state index contributed by atoms with van der Waals surface area (Å²) >= 11 is 17.1. The zero-order valence-corrected chi connectivity index (χ0v) is 13.2. The van der Waals surface area contributed by atoms with E-state index < -0.39 is 3.79 Å². The molecule has 0 aliphatic carbocycles. The van der Waals surface area contributed by atoms with Crippen LogP contribution in [-0.4, -0.2) is 3.79 Å². The molecule has 0 saturated heterocycles. The van der Waals surface area contributed by atoms with Gasteiger partial charge in [-0.1, -0.05) is 48.7 Å². The molecule has 75 valence electrons. The molecule has 4 heteroatoms. The van der Waals surface area contributed by atoms with Crippen LogP contribution in [0.2, 0.25) is 0 Å². The molecule has 0 amide bonds. The molecule has 1 aromatic carbocycles. The van der Waals surface area contributed by atoms with Gasteiger partial charge in [0.05, 0.1) is 0 Å². The fraction of sp³-hybridized carbons (Fsp3) is 0.400. The van der Waals surface area contributed by atoms with Crippen molar-refractivity contribution >= 4 is 34.8 Å². The van der Waals surface area contributed by atoms with E-state index in [-0.39, 0.29) is 32.7 Å². The molecule has 0 aromatic heterocycles. The number of rotatable bonds is 1. The Morgan fingerprint density at radius 1 is 1.29 bits per heavy atom. The van der Waals surface area contributed by atoms with E-state index in [0.29, 0.717) is 6.42 Å². The molecule has 1 radical (unpaired) electrons. The van der Waals surface area contributed by atoms with E-state index in [1.807, 2.05) is 26.0 Å². The Morgan fingerprint density at radius 3 is 2.36 bits per heavy atom. The Hall–Kier alpha value is 1.19. The number of aryl methyl sites for hydroxylation is 2. The van der Waals surface area contributed by atoms with E-state index in [4.69, 9.17) is 34.8 Å². The fourth-order valence-corrected chi connectivity index (χ4v) is 1.57. The van der Waals surface area contributed by atoms with E-state index in [1.54, 1.807) is 0 Å². The summed E-state index contributed by atoms with van der Waals surface area (Å²) in [6.07, 6.45) is 0.443. The van der Waals surface area contributed by atoms with Crippen LogP contribution in [0.5, 0.6) is 0 Å². The molecule has 0 heterocycles. The summed E-state index contributed by atoms with van der Waals surface area (Å²) < 4.78 is -1.21. The summed E-state index contributed by atoms with van der Waals surface area (Å²) in [6, 6.07) is 7.01. The number of halogens is 3. The number of hydrogen-bond donors (Lipinski definition) is 0. The summed E-state index contributed by atoms with van der Waals surface area (Å²) in [4.78, 5) is 0. The maximum Gasteiger partial charge on any atom is 0.192 e. The first-order valence-electron chi connectivity index (χ1n) is 3.93. The van der Waals surface area contributed by atoms with Crippen LogP contribution in [0.1, 0.15) is 16.7 Å². The van der Waals surface area contributed by atoms with Gasteiger partial charge >= 0.3 is 0 Å². The summed E-state index contributed by atoms with van der Waals surface area (Å²) in [5.74, 6) is 0. The van der Waals surface area contributed by atoms with Crippen LogP contribution in [0.4, 0.5) is 0 Å². The molecular formula is C10H10Cl3Y-. The standard InChI is InChI=1S/C10H10Cl3.Y/c1-7-3-4-8(2)9(5-7)6-10(11,12)13;/h4-5H,6H2,1-2H3;/q-1;. The summed E-state index contributed by atoms with van der Waals surface area (Å²) in [5, 5.41) is 0. The zero-order chi connectivity index (χ0) is 10.1. The Bertz CT molecular complexity index is 305. The Morgan fingerprint density at radius 2 is 1.86 bits per heavy atom.